The van der Waals surface area contributed by atoms with Crippen LogP contribution < -0.4 is 0 Å². The van der Waals surface area contributed by atoms with E-state index in [9.17, 15) is 14.9 Å². The van der Waals surface area contributed by atoms with E-state index in [1.807, 2.05) is 0 Å². The molecule has 0 N–H and O–H groups in total. The maximum atomic E-state index is 11.4. The van der Waals surface area contributed by atoms with Gasteiger partial charge in [0.15, 0.2) is 0 Å². The van der Waals surface area contributed by atoms with Gasteiger partial charge >= 0.3 is 0 Å². The molecule has 0 fully saturated rings. The van der Waals surface area contributed by atoms with E-state index in [-0.39, 0.29) is 11.6 Å². The molecule has 0 saturated heterocycles. The van der Waals surface area contributed by atoms with Crippen molar-refractivity contribution in [3.8, 4) is 0 Å². The van der Waals surface area contributed by atoms with Crippen molar-refractivity contribution in [3.05, 3.63) is 39.9 Å². The Kier molecular flexibility index (Phi) is 2.81. The van der Waals surface area contributed by atoms with Gasteiger partial charge in [0.1, 0.15) is 0 Å². The fourth-order valence-electron chi connectivity index (χ4n) is 0.951. The zero-order chi connectivity index (χ0) is 10.7. The summed E-state index contributed by atoms with van der Waals surface area (Å²) in [6, 6.07) is 6.51. The van der Waals surface area contributed by atoms with Gasteiger partial charge in [0.2, 0.25) is 0 Å². The average Bonchev–Trinajstić information content (AvgIpc) is 2.16. The molecule has 0 atom stereocenters. The molecule has 14 heavy (non-hydrogen) atoms. The second kappa shape index (κ2) is 3.87. The predicted molar refractivity (Wildman–Crippen MR) is 49.9 cm³/mol. The smallest absolute Gasteiger partial charge is 0.278 e. The monoisotopic (exact) mass is 193 g/mol. The van der Waals surface area contributed by atoms with Gasteiger partial charge in [0, 0.05) is 25.7 Å². The Bertz CT molecular complexity index is 374. The van der Waals surface area contributed by atoms with Crippen molar-refractivity contribution in [2.75, 3.05) is 14.1 Å². The molecule has 0 aliphatic rings. The van der Waals surface area contributed by atoms with Gasteiger partial charge in [-0.2, -0.15) is 0 Å². The number of nitrogens with zero attached hydrogens (tertiary/aromatic N) is 2. The molecule has 5 nitrogen and oxygen atoms in total. The Balaban J connectivity index is 3.06. The van der Waals surface area contributed by atoms with Gasteiger partial charge in [-0.05, 0) is 12.1 Å². The molecule has 0 heterocycles. The van der Waals surface area contributed by atoms with Crippen LogP contribution in [0.15, 0.2) is 18.2 Å². The number of non-ortho nitro benzene ring substituents is 1. The number of benzene rings is 1. The van der Waals surface area contributed by atoms with Crippen LogP contribution >= 0.6 is 0 Å². The maximum absolute atomic E-state index is 11.4. The van der Waals surface area contributed by atoms with Crippen LogP contribution in [0, 0.1) is 16.2 Å². The zero-order valence-corrected chi connectivity index (χ0v) is 7.85. The minimum atomic E-state index is -0.577. The molecule has 5 heteroatoms. The van der Waals surface area contributed by atoms with Crippen LogP contribution in [0.1, 0.15) is 10.4 Å². The summed E-state index contributed by atoms with van der Waals surface area (Å²) in [5, 5.41) is 10.4. The van der Waals surface area contributed by atoms with E-state index >= 15 is 0 Å². The van der Waals surface area contributed by atoms with E-state index in [4.69, 9.17) is 0 Å². The molecule has 0 bridgehead atoms. The van der Waals surface area contributed by atoms with Crippen molar-refractivity contribution >= 4 is 11.6 Å². The predicted octanol–water partition coefficient (Wildman–Crippen LogP) is 1.10. The van der Waals surface area contributed by atoms with Crippen LogP contribution in [0.5, 0.6) is 0 Å². The third-order valence-electron chi connectivity index (χ3n) is 1.64. The number of carbonyl (C=O) groups excluding carboxylic acids is 1. The van der Waals surface area contributed by atoms with Crippen LogP contribution in [0.4, 0.5) is 5.69 Å². The molecule has 0 saturated carbocycles. The van der Waals surface area contributed by atoms with Crippen molar-refractivity contribution in [1.82, 2.24) is 4.90 Å². The van der Waals surface area contributed by atoms with Crippen molar-refractivity contribution in [1.29, 1.82) is 0 Å². The first kappa shape index (κ1) is 10.2. The van der Waals surface area contributed by atoms with Crippen molar-refractivity contribution in [3.63, 3.8) is 0 Å². The quantitative estimate of drug-likeness (QED) is 0.521. The third-order valence-corrected chi connectivity index (χ3v) is 1.64. The molecule has 0 aromatic heterocycles. The molecular formula is C9H9N2O3. The standard InChI is InChI=1S/C9H9N2O3/c1-10(2)9(12)7-4-3-5-8(6-7)11(13)14/h3-4,6H,1-2H3. The van der Waals surface area contributed by atoms with E-state index < -0.39 is 4.92 Å². The lowest BCUT2D eigenvalue weighted by atomic mass is 10.2. The van der Waals surface area contributed by atoms with Crippen molar-refractivity contribution < 1.29 is 9.72 Å². The molecule has 0 aliphatic carbocycles. The molecule has 1 rings (SSSR count). The normalized spacial score (nSPS) is 9.57. The van der Waals surface area contributed by atoms with Gasteiger partial charge in [0.25, 0.3) is 11.6 Å². The number of hydrogen-bond acceptors (Lipinski definition) is 3. The lowest BCUT2D eigenvalue weighted by molar-refractivity contribution is -0.385. The van der Waals surface area contributed by atoms with E-state index in [1.54, 1.807) is 14.1 Å². The summed E-state index contributed by atoms with van der Waals surface area (Å²) in [7, 11) is 3.18. The number of carbonyl (C=O) groups is 1. The minimum Gasteiger partial charge on any atom is -0.345 e. The number of amides is 1. The first-order valence-electron chi connectivity index (χ1n) is 3.90. The van der Waals surface area contributed by atoms with Gasteiger partial charge in [-0.25, -0.2) is 0 Å². The van der Waals surface area contributed by atoms with Gasteiger partial charge in [-0.3, -0.25) is 14.9 Å². The molecule has 1 aromatic carbocycles. The Labute approximate surface area is 81.1 Å². The highest BCUT2D eigenvalue weighted by atomic mass is 16.6. The highest BCUT2D eigenvalue weighted by Gasteiger charge is 2.12. The minimum absolute atomic E-state index is 0.197. The molecular weight excluding hydrogens is 184 g/mol. The Hall–Kier alpha value is -1.91. The fourth-order valence-corrected chi connectivity index (χ4v) is 0.951. The summed E-state index contributed by atoms with van der Waals surface area (Å²) in [6.07, 6.45) is 0. The first-order valence-corrected chi connectivity index (χ1v) is 3.90. The van der Waals surface area contributed by atoms with Crippen LogP contribution in [-0.4, -0.2) is 29.8 Å². The molecule has 1 radical (unpaired) electrons. The highest BCUT2D eigenvalue weighted by Crippen LogP contribution is 2.13. The average molecular weight is 193 g/mol. The molecule has 1 aromatic rings. The lowest BCUT2D eigenvalue weighted by Crippen LogP contribution is -2.21. The third kappa shape index (κ3) is 2.07. The zero-order valence-electron chi connectivity index (χ0n) is 7.85. The van der Waals surface area contributed by atoms with Crippen molar-refractivity contribution in [2.24, 2.45) is 0 Å². The summed E-state index contributed by atoms with van der Waals surface area (Å²) >= 11 is 0. The summed E-state index contributed by atoms with van der Waals surface area (Å²) in [5.41, 5.74) is 0.0955. The van der Waals surface area contributed by atoms with E-state index in [0.29, 0.717) is 5.56 Å². The molecule has 0 spiro atoms. The van der Waals surface area contributed by atoms with Crippen LogP contribution in [-0.2, 0) is 0 Å². The van der Waals surface area contributed by atoms with E-state index in [2.05, 4.69) is 6.07 Å². The number of nitro groups is 1. The summed E-state index contributed by atoms with van der Waals surface area (Å²) in [5.74, 6) is -0.262. The SMILES string of the molecule is CN(C)C(=O)c1cc[c]c([N+](=O)[O-])c1. The first-order chi connectivity index (χ1) is 6.52. The van der Waals surface area contributed by atoms with Gasteiger partial charge in [-0.1, -0.05) is 0 Å². The summed E-state index contributed by atoms with van der Waals surface area (Å²) < 4.78 is 0. The van der Waals surface area contributed by atoms with Gasteiger partial charge < -0.3 is 4.90 Å². The topological polar surface area (TPSA) is 63.5 Å². The number of nitro benzene ring substituents is 1. The second-order valence-corrected chi connectivity index (χ2v) is 2.92. The fraction of sp³-hybridized carbons (Fsp3) is 0.222. The van der Waals surface area contributed by atoms with E-state index in [0.717, 1.165) is 0 Å². The van der Waals surface area contributed by atoms with Crippen LogP contribution in [0.3, 0.4) is 0 Å². The van der Waals surface area contributed by atoms with Crippen molar-refractivity contribution in [2.45, 2.75) is 0 Å². The molecule has 73 valence electrons. The summed E-state index contributed by atoms with van der Waals surface area (Å²) in [6.45, 7) is 0. The Morgan fingerprint density at radius 3 is 2.71 bits per heavy atom. The Morgan fingerprint density at radius 2 is 2.21 bits per heavy atom. The second-order valence-electron chi connectivity index (χ2n) is 2.92. The Morgan fingerprint density at radius 1 is 1.57 bits per heavy atom. The van der Waals surface area contributed by atoms with E-state index in [1.165, 1.54) is 23.1 Å². The van der Waals surface area contributed by atoms with Crippen LogP contribution in [0.25, 0.3) is 0 Å². The van der Waals surface area contributed by atoms with Gasteiger partial charge in [0.05, 0.1) is 11.0 Å². The maximum Gasteiger partial charge on any atom is 0.278 e. The highest BCUT2D eigenvalue weighted by molar-refractivity contribution is 5.94. The van der Waals surface area contributed by atoms with Crippen LogP contribution in [0.2, 0.25) is 0 Å². The summed E-state index contributed by atoms with van der Waals surface area (Å²) in [4.78, 5) is 22.6. The molecule has 0 aliphatic heterocycles. The number of rotatable bonds is 2. The number of hydrogen-bond donors (Lipinski definition) is 0. The van der Waals surface area contributed by atoms with Gasteiger partial charge in [-0.15, -0.1) is 0 Å². The largest absolute Gasteiger partial charge is 0.345 e. The molecule has 1 amide bonds. The lowest BCUT2D eigenvalue weighted by Gasteiger charge is -2.09. The molecule has 0 unspecified atom stereocenters.